The third kappa shape index (κ3) is 4.74. The van der Waals surface area contributed by atoms with Gasteiger partial charge in [-0.1, -0.05) is 0 Å². The first-order chi connectivity index (χ1) is 13.1. The number of thiophene rings is 1. The summed E-state index contributed by atoms with van der Waals surface area (Å²) in [6, 6.07) is 0. The zero-order chi connectivity index (χ0) is 19.4. The number of aryl methyl sites for hydroxylation is 1. The summed E-state index contributed by atoms with van der Waals surface area (Å²) in [4.78, 5) is 25.6. The number of carbonyl (C=O) groups is 1. The van der Waals surface area contributed by atoms with Crippen molar-refractivity contribution in [3.63, 3.8) is 0 Å². The van der Waals surface area contributed by atoms with Crippen LogP contribution in [0.4, 0.5) is 0 Å². The number of ether oxygens (including phenoxy) is 2. The van der Waals surface area contributed by atoms with Gasteiger partial charge in [0.1, 0.15) is 11.4 Å². The monoisotopic (exact) mass is 428 g/mol. The topological polar surface area (TPSA) is 76.6 Å². The average molecular weight is 429 g/mol. The van der Waals surface area contributed by atoms with E-state index in [9.17, 15) is 4.79 Å². The van der Waals surface area contributed by atoms with E-state index in [2.05, 4.69) is 15.3 Å². The molecule has 1 aliphatic rings. The highest BCUT2D eigenvalue weighted by atomic mass is 35.5. The maximum Gasteiger partial charge on any atom is 0.264 e. The molecule has 28 heavy (non-hydrogen) atoms. The van der Waals surface area contributed by atoms with Crippen LogP contribution in [0.5, 0.6) is 5.88 Å². The zero-order valence-electron chi connectivity index (χ0n) is 16.9. The number of piperidine rings is 1. The number of rotatable bonds is 7. The highest BCUT2D eigenvalue weighted by Gasteiger charge is 2.27. The van der Waals surface area contributed by atoms with Crippen molar-refractivity contribution in [2.45, 2.75) is 32.8 Å². The summed E-state index contributed by atoms with van der Waals surface area (Å²) in [7, 11) is 5.18. The molecule has 2 aromatic rings. The molecule has 0 saturated carbocycles. The van der Waals surface area contributed by atoms with E-state index >= 15 is 0 Å². The molecule has 7 nitrogen and oxygen atoms in total. The highest BCUT2D eigenvalue weighted by Crippen LogP contribution is 2.36. The molecular formula is C19H29ClN4O3S. The number of methoxy groups -OCH3 is 2. The molecule has 0 aliphatic carbocycles. The number of fused-ring (bicyclic) bond motifs is 1. The van der Waals surface area contributed by atoms with Gasteiger partial charge in [0.15, 0.2) is 5.82 Å². The zero-order valence-corrected chi connectivity index (χ0v) is 18.5. The molecule has 2 aromatic heterocycles. The van der Waals surface area contributed by atoms with Crippen molar-refractivity contribution in [1.29, 1.82) is 0 Å². The number of hydrogen-bond acceptors (Lipinski definition) is 7. The molecule has 0 bridgehead atoms. The third-order valence-corrected chi connectivity index (χ3v) is 6.34. The van der Waals surface area contributed by atoms with E-state index in [0.29, 0.717) is 24.2 Å². The standard InChI is InChI=1S/C19H28N4O3S.ClH/c1-12-15-17(26-4)21-14(11-25-3)22-18(15)27-16(12)19(24)23-9-6-13(7-10-23)5-8-20-2;/h13,20H,5-11H2,1-4H3;1H. The fraction of sp³-hybridized carbons (Fsp3) is 0.632. The van der Waals surface area contributed by atoms with Crippen LogP contribution in [0.2, 0.25) is 0 Å². The molecule has 0 radical (unpaired) electrons. The fourth-order valence-electron chi connectivity index (χ4n) is 3.61. The number of amides is 1. The van der Waals surface area contributed by atoms with Crippen LogP contribution in [0.25, 0.3) is 10.2 Å². The van der Waals surface area contributed by atoms with E-state index in [1.807, 2.05) is 18.9 Å². The molecule has 0 atom stereocenters. The van der Waals surface area contributed by atoms with Crippen LogP contribution < -0.4 is 10.1 Å². The van der Waals surface area contributed by atoms with Gasteiger partial charge in [0.05, 0.1) is 17.4 Å². The molecule has 0 aromatic carbocycles. The second-order valence-electron chi connectivity index (χ2n) is 6.95. The molecule has 1 fully saturated rings. The Morgan fingerprint density at radius 1 is 1.29 bits per heavy atom. The van der Waals surface area contributed by atoms with Crippen molar-refractivity contribution in [3.05, 3.63) is 16.3 Å². The van der Waals surface area contributed by atoms with Crippen molar-refractivity contribution in [1.82, 2.24) is 20.2 Å². The molecule has 3 rings (SSSR count). The molecule has 1 N–H and O–H groups in total. The Morgan fingerprint density at radius 2 is 2.00 bits per heavy atom. The maximum absolute atomic E-state index is 13.1. The van der Waals surface area contributed by atoms with E-state index in [0.717, 1.165) is 53.1 Å². The largest absolute Gasteiger partial charge is 0.480 e. The van der Waals surface area contributed by atoms with Gasteiger partial charge in [-0.25, -0.2) is 4.98 Å². The summed E-state index contributed by atoms with van der Waals surface area (Å²) in [6.07, 6.45) is 3.31. The van der Waals surface area contributed by atoms with Gasteiger partial charge < -0.3 is 19.7 Å². The van der Waals surface area contributed by atoms with E-state index in [1.54, 1.807) is 14.2 Å². The van der Waals surface area contributed by atoms with Gasteiger partial charge in [0, 0.05) is 20.2 Å². The van der Waals surface area contributed by atoms with Crippen LogP contribution in [0.3, 0.4) is 0 Å². The Bertz CT molecular complexity index is 806. The Kier molecular flexibility index (Phi) is 8.42. The average Bonchev–Trinajstić information content (AvgIpc) is 3.02. The van der Waals surface area contributed by atoms with Gasteiger partial charge in [0.25, 0.3) is 5.91 Å². The minimum absolute atomic E-state index is 0. The number of aromatic nitrogens is 2. The quantitative estimate of drug-likeness (QED) is 0.730. The second kappa shape index (κ2) is 10.3. The summed E-state index contributed by atoms with van der Waals surface area (Å²) >= 11 is 1.42. The lowest BCUT2D eigenvalue weighted by Crippen LogP contribution is -2.38. The van der Waals surface area contributed by atoms with Crippen LogP contribution in [-0.2, 0) is 11.3 Å². The van der Waals surface area contributed by atoms with Crippen LogP contribution in [-0.4, -0.2) is 61.7 Å². The molecular weight excluding hydrogens is 400 g/mol. The molecule has 156 valence electrons. The van der Waals surface area contributed by atoms with E-state index in [4.69, 9.17) is 9.47 Å². The van der Waals surface area contributed by atoms with Crippen LogP contribution in [0, 0.1) is 12.8 Å². The van der Waals surface area contributed by atoms with Crippen LogP contribution >= 0.6 is 23.7 Å². The second-order valence-corrected chi connectivity index (χ2v) is 7.95. The fourth-order valence-corrected chi connectivity index (χ4v) is 4.76. The number of carbonyl (C=O) groups excluding carboxylic acids is 1. The van der Waals surface area contributed by atoms with Gasteiger partial charge in [-0.15, -0.1) is 23.7 Å². The number of nitrogens with zero attached hydrogens (tertiary/aromatic N) is 3. The van der Waals surface area contributed by atoms with Crippen molar-refractivity contribution < 1.29 is 14.3 Å². The highest BCUT2D eigenvalue weighted by molar-refractivity contribution is 7.20. The van der Waals surface area contributed by atoms with Gasteiger partial charge in [0.2, 0.25) is 5.88 Å². The molecule has 1 aliphatic heterocycles. The first kappa shape index (κ1) is 22.8. The molecule has 0 spiro atoms. The molecule has 9 heteroatoms. The third-order valence-electron chi connectivity index (χ3n) is 5.17. The Hall–Kier alpha value is -1.48. The minimum atomic E-state index is 0. The summed E-state index contributed by atoms with van der Waals surface area (Å²) < 4.78 is 10.6. The predicted octanol–water partition coefficient (Wildman–Crippen LogP) is 3.04. The lowest BCUT2D eigenvalue weighted by Gasteiger charge is -2.32. The number of hydrogen-bond donors (Lipinski definition) is 1. The predicted molar refractivity (Wildman–Crippen MR) is 114 cm³/mol. The van der Waals surface area contributed by atoms with Gasteiger partial charge in [-0.2, -0.15) is 4.98 Å². The minimum Gasteiger partial charge on any atom is -0.480 e. The number of halogens is 1. The van der Waals surface area contributed by atoms with E-state index in [-0.39, 0.29) is 18.3 Å². The van der Waals surface area contributed by atoms with Gasteiger partial charge >= 0.3 is 0 Å². The van der Waals surface area contributed by atoms with Crippen LogP contribution in [0.15, 0.2) is 0 Å². The van der Waals surface area contributed by atoms with Crippen molar-refractivity contribution in [2.24, 2.45) is 5.92 Å². The SMILES string of the molecule is CNCCC1CCN(C(=O)c2sc3nc(COC)nc(OC)c3c2C)CC1.Cl. The lowest BCUT2D eigenvalue weighted by atomic mass is 9.93. The summed E-state index contributed by atoms with van der Waals surface area (Å²) in [6.45, 7) is 4.94. The smallest absolute Gasteiger partial charge is 0.264 e. The normalized spacial score (nSPS) is 14.9. The van der Waals surface area contributed by atoms with Gasteiger partial charge in [-0.3, -0.25) is 4.79 Å². The summed E-state index contributed by atoms with van der Waals surface area (Å²) in [5.41, 5.74) is 0.901. The first-order valence-electron chi connectivity index (χ1n) is 9.35. The number of likely N-dealkylation sites (tertiary alicyclic amines) is 1. The first-order valence-corrected chi connectivity index (χ1v) is 10.2. The Morgan fingerprint density at radius 3 is 2.61 bits per heavy atom. The maximum atomic E-state index is 13.1. The molecule has 1 amide bonds. The van der Waals surface area contributed by atoms with Crippen LogP contribution in [0.1, 0.15) is 40.3 Å². The number of nitrogens with one attached hydrogen (secondary N) is 1. The van der Waals surface area contributed by atoms with Crippen molar-refractivity contribution >= 4 is 39.9 Å². The summed E-state index contributed by atoms with van der Waals surface area (Å²) in [5.74, 6) is 1.86. The van der Waals surface area contributed by atoms with E-state index < -0.39 is 0 Å². The molecule has 1 saturated heterocycles. The molecule has 0 unspecified atom stereocenters. The van der Waals surface area contributed by atoms with E-state index in [1.165, 1.54) is 17.8 Å². The Labute approximate surface area is 176 Å². The van der Waals surface area contributed by atoms with Crippen molar-refractivity contribution in [2.75, 3.05) is 40.9 Å². The molecule has 3 heterocycles. The van der Waals surface area contributed by atoms with Crippen molar-refractivity contribution in [3.8, 4) is 5.88 Å². The Balaban J connectivity index is 0.00000280. The summed E-state index contributed by atoms with van der Waals surface area (Å²) in [5, 5.41) is 4.04. The lowest BCUT2D eigenvalue weighted by molar-refractivity contribution is 0.0691. The van der Waals surface area contributed by atoms with Gasteiger partial charge in [-0.05, 0) is 51.3 Å².